The van der Waals surface area contributed by atoms with E-state index in [0.717, 1.165) is 16.1 Å². The lowest BCUT2D eigenvalue weighted by Crippen LogP contribution is -2.23. The highest BCUT2D eigenvalue weighted by atomic mass is 32.1. The Hall–Kier alpha value is -2.16. The van der Waals surface area contributed by atoms with E-state index in [1.54, 1.807) is 17.6 Å². The zero-order valence-electron chi connectivity index (χ0n) is 11.0. The first-order valence-electron chi connectivity index (χ1n) is 6.07. The standard InChI is InChI=1S/C15H14N2O2S/c1-11-4-2-6-16-14(11)9-17-15(19)12-8-13(20-10-12)5-3-7-18/h2,4,6,8,10,18H,7,9H2,1H3,(H,17,19). The number of nitrogens with zero attached hydrogens (tertiary/aromatic N) is 1. The van der Waals surface area contributed by atoms with Crippen LogP contribution in [-0.2, 0) is 6.54 Å². The van der Waals surface area contributed by atoms with E-state index in [1.807, 2.05) is 19.1 Å². The predicted molar refractivity (Wildman–Crippen MR) is 78.4 cm³/mol. The molecule has 4 nitrogen and oxygen atoms in total. The molecular formula is C15H14N2O2S. The molecule has 0 aliphatic rings. The minimum absolute atomic E-state index is 0.150. The number of nitrogens with one attached hydrogen (secondary N) is 1. The van der Waals surface area contributed by atoms with Crippen molar-refractivity contribution in [3.8, 4) is 11.8 Å². The average Bonchev–Trinajstić information content (AvgIpc) is 2.93. The van der Waals surface area contributed by atoms with Crippen molar-refractivity contribution in [2.45, 2.75) is 13.5 Å². The molecule has 2 rings (SSSR count). The number of aliphatic hydroxyl groups is 1. The van der Waals surface area contributed by atoms with Crippen molar-refractivity contribution in [2.75, 3.05) is 6.61 Å². The van der Waals surface area contributed by atoms with E-state index in [2.05, 4.69) is 22.1 Å². The molecule has 2 N–H and O–H groups in total. The molecular weight excluding hydrogens is 272 g/mol. The highest BCUT2D eigenvalue weighted by Crippen LogP contribution is 2.13. The van der Waals surface area contributed by atoms with Gasteiger partial charge >= 0.3 is 0 Å². The molecule has 0 saturated heterocycles. The summed E-state index contributed by atoms with van der Waals surface area (Å²) in [6, 6.07) is 5.54. The molecule has 5 heteroatoms. The van der Waals surface area contributed by atoms with E-state index in [4.69, 9.17) is 5.11 Å². The summed E-state index contributed by atoms with van der Waals surface area (Å²) in [5, 5.41) is 13.2. The SMILES string of the molecule is Cc1cccnc1CNC(=O)c1csc(C#CCO)c1. The molecule has 2 heterocycles. The molecule has 0 atom stereocenters. The molecule has 0 radical (unpaired) electrons. The number of hydrogen-bond acceptors (Lipinski definition) is 4. The fourth-order valence-corrected chi connectivity index (χ4v) is 2.37. The Labute approximate surface area is 121 Å². The van der Waals surface area contributed by atoms with Crippen LogP contribution in [0.15, 0.2) is 29.8 Å². The zero-order chi connectivity index (χ0) is 14.4. The second-order valence-corrected chi connectivity index (χ2v) is 5.02. The fraction of sp³-hybridized carbons (Fsp3) is 0.200. The number of hydrogen-bond donors (Lipinski definition) is 2. The van der Waals surface area contributed by atoms with Gasteiger partial charge in [0, 0.05) is 11.6 Å². The van der Waals surface area contributed by atoms with Gasteiger partial charge in [-0.3, -0.25) is 9.78 Å². The van der Waals surface area contributed by atoms with Gasteiger partial charge in [0.15, 0.2) is 0 Å². The normalized spacial score (nSPS) is 9.70. The van der Waals surface area contributed by atoms with Gasteiger partial charge in [-0.1, -0.05) is 17.9 Å². The van der Waals surface area contributed by atoms with Crippen LogP contribution in [0.5, 0.6) is 0 Å². The second-order valence-electron chi connectivity index (χ2n) is 4.11. The molecule has 0 aliphatic carbocycles. The fourth-order valence-electron chi connectivity index (χ4n) is 1.62. The highest BCUT2D eigenvalue weighted by molar-refractivity contribution is 7.10. The van der Waals surface area contributed by atoms with Crippen LogP contribution in [0.4, 0.5) is 0 Å². The minimum atomic E-state index is -0.182. The molecule has 0 aliphatic heterocycles. The lowest BCUT2D eigenvalue weighted by atomic mass is 10.2. The molecule has 20 heavy (non-hydrogen) atoms. The molecule has 102 valence electrons. The van der Waals surface area contributed by atoms with Gasteiger partial charge in [-0.2, -0.15) is 0 Å². The Bertz CT molecular complexity index is 668. The molecule has 0 saturated carbocycles. The number of aromatic nitrogens is 1. The summed E-state index contributed by atoms with van der Waals surface area (Å²) in [6.45, 7) is 2.18. The molecule has 1 amide bonds. The number of rotatable bonds is 3. The van der Waals surface area contributed by atoms with Crippen molar-refractivity contribution in [2.24, 2.45) is 0 Å². The summed E-state index contributed by atoms with van der Waals surface area (Å²) in [6.07, 6.45) is 1.71. The van der Waals surface area contributed by atoms with Gasteiger partial charge in [0.25, 0.3) is 5.91 Å². The Morgan fingerprint density at radius 3 is 3.15 bits per heavy atom. The first-order chi connectivity index (χ1) is 9.70. The first-order valence-corrected chi connectivity index (χ1v) is 6.95. The Morgan fingerprint density at radius 1 is 1.55 bits per heavy atom. The molecule has 0 unspecified atom stereocenters. The highest BCUT2D eigenvalue weighted by Gasteiger charge is 2.08. The van der Waals surface area contributed by atoms with Gasteiger partial charge < -0.3 is 10.4 Å². The van der Waals surface area contributed by atoms with Crippen molar-refractivity contribution in [3.63, 3.8) is 0 Å². The Morgan fingerprint density at radius 2 is 2.40 bits per heavy atom. The van der Waals surface area contributed by atoms with Crippen molar-refractivity contribution in [3.05, 3.63) is 51.5 Å². The van der Waals surface area contributed by atoms with Crippen molar-refractivity contribution >= 4 is 17.2 Å². The number of amides is 1. The Balaban J connectivity index is 1.98. The van der Waals surface area contributed by atoms with E-state index in [9.17, 15) is 4.79 Å². The monoisotopic (exact) mass is 286 g/mol. The topological polar surface area (TPSA) is 62.2 Å². The molecule has 0 aromatic carbocycles. The summed E-state index contributed by atoms with van der Waals surface area (Å²) in [7, 11) is 0. The first kappa shape index (κ1) is 14.3. The lowest BCUT2D eigenvalue weighted by molar-refractivity contribution is 0.0951. The van der Waals surface area contributed by atoms with Crippen molar-refractivity contribution in [1.82, 2.24) is 10.3 Å². The number of carbonyl (C=O) groups excluding carboxylic acids is 1. The van der Waals surface area contributed by atoms with E-state index in [-0.39, 0.29) is 12.5 Å². The number of carbonyl (C=O) groups is 1. The van der Waals surface area contributed by atoms with Gasteiger partial charge in [0.05, 0.1) is 22.7 Å². The molecule has 0 bridgehead atoms. The minimum Gasteiger partial charge on any atom is -0.384 e. The van der Waals surface area contributed by atoms with Gasteiger partial charge in [-0.25, -0.2) is 0 Å². The maximum atomic E-state index is 12.0. The summed E-state index contributed by atoms with van der Waals surface area (Å²) < 4.78 is 0. The maximum absolute atomic E-state index is 12.0. The smallest absolute Gasteiger partial charge is 0.252 e. The second kappa shape index (κ2) is 6.85. The summed E-state index contributed by atoms with van der Waals surface area (Å²) in [5.74, 6) is 5.19. The van der Waals surface area contributed by atoms with Crippen molar-refractivity contribution in [1.29, 1.82) is 0 Å². The van der Waals surface area contributed by atoms with Crippen LogP contribution in [0, 0.1) is 18.8 Å². The summed E-state index contributed by atoms with van der Waals surface area (Å²) in [5.41, 5.74) is 2.48. The van der Waals surface area contributed by atoms with Gasteiger partial charge in [-0.05, 0) is 24.6 Å². The number of pyridine rings is 1. The van der Waals surface area contributed by atoms with Crippen LogP contribution in [0.1, 0.15) is 26.5 Å². The third-order valence-corrected chi connectivity index (χ3v) is 3.53. The lowest BCUT2D eigenvalue weighted by Gasteiger charge is -2.05. The van der Waals surface area contributed by atoms with Crippen LogP contribution < -0.4 is 5.32 Å². The van der Waals surface area contributed by atoms with Gasteiger partial charge in [0.2, 0.25) is 0 Å². The van der Waals surface area contributed by atoms with Gasteiger partial charge in [-0.15, -0.1) is 11.3 Å². The number of thiophene rings is 1. The average molecular weight is 286 g/mol. The summed E-state index contributed by atoms with van der Waals surface area (Å²) in [4.78, 5) is 17.0. The van der Waals surface area contributed by atoms with Gasteiger partial charge in [0.1, 0.15) is 6.61 Å². The van der Waals surface area contributed by atoms with Crippen LogP contribution in [0.3, 0.4) is 0 Å². The van der Waals surface area contributed by atoms with Crippen LogP contribution in [0.2, 0.25) is 0 Å². The number of aryl methyl sites for hydroxylation is 1. The van der Waals surface area contributed by atoms with Crippen LogP contribution in [-0.4, -0.2) is 22.6 Å². The zero-order valence-corrected chi connectivity index (χ0v) is 11.8. The van der Waals surface area contributed by atoms with Crippen LogP contribution >= 0.6 is 11.3 Å². The summed E-state index contributed by atoms with van der Waals surface area (Å²) >= 11 is 1.38. The third kappa shape index (κ3) is 3.67. The van der Waals surface area contributed by atoms with E-state index in [1.165, 1.54) is 11.3 Å². The Kier molecular flexibility index (Phi) is 4.88. The van der Waals surface area contributed by atoms with E-state index in [0.29, 0.717) is 12.1 Å². The van der Waals surface area contributed by atoms with Crippen LogP contribution in [0.25, 0.3) is 0 Å². The maximum Gasteiger partial charge on any atom is 0.252 e. The predicted octanol–water partition coefficient (Wildman–Crippen LogP) is 1.73. The number of aliphatic hydroxyl groups excluding tert-OH is 1. The van der Waals surface area contributed by atoms with E-state index < -0.39 is 0 Å². The van der Waals surface area contributed by atoms with Crippen molar-refractivity contribution < 1.29 is 9.90 Å². The molecule has 0 spiro atoms. The largest absolute Gasteiger partial charge is 0.384 e. The molecule has 0 fully saturated rings. The quantitative estimate of drug-likeness (QED) is 0.845. The molecule has 2 aromatic rings. The van der Waals surface area contributed by atoms with E-state index >= 15 is 0 Å². The third-order valence-electron chi connectivity index (χ3n) is 2.69. The molecule has 2 aromatic heterocycles.